The Hall–Kier alpha value is -1.78. The molecule has 1 rings (SSSR count). The summed E-state index contributed by atoms with van der Waals surface area (Å²) in [5, 5.41) is 10.9. The van der Waals surface area contributed by atoms with Gasteiger partial charge in [-0.25, -0.2) is 4.58 Å². The van der Waals surface area contributed by atoms with E-state index >= 15 is 0 Å². The third-order valence-corrected chi connectivity index (χ3v) is 4.78. The normalized spacial score (nSPS) is 35.1. The molecule has 3 atom stereocenters. The number of nitrogens with zero attached hydrogens (tertiary/aromatic N) is 2. The first-order valence-electron chi connectivity index (χ1n) is 6.65. The molecule has 1 saturated carbocycles. The van der Waals surface area contributed by atoms with Crippen molar-refractivity contribution in [2.24, 2.45) is 10.4 Å². The van der Waals surface area contributed by atoms with Crippen molar-refractivity contribution in [2.75, 3.05) is 14.2 Å². The number of hydrogen-bond donors (Lipinski definition) is 1. The van der Waals surface area contributed by atoms with E-state index < -0.39 is 16.7 Å². The summed E-state index contributed by atoms with van der Waals surface area (Å²) < 4.78 is 6.99. The Kier molecular flexibility index (Phi) is 4.56. The summed E-state index contributed by atoms with van der Waals surface area (Å²) in [7, 11) is 3.12. The molecule has 0 bridgehead atoms. The van der Waals surface area contributed by atoms with Gasteiger partial charge in [-0.05, 0) is 25.0 Å². The van der Waals surface area contributed by atoms with E-state index in [1.54, 1.807) is 30.1 Å². The van der Waals surface area contributed by atoms with Crippen LogP contribution in [0.1, 0.15) is 13.8 Å². The fourth-order valence-electron chi connectivity index (χ4n) is 2.94. The highest BCUT2D eigenvalue weighted by molar-refractivity contribution is 5.55. The summed E-state index contributed by atoms with van der Waals surface area (Å²) in [5.74, 6) is -1.40. The lowest BCUT2D eigenvalue weighted by molar-refractivity contribution is -0.479. The number of ether oxygens (including phenoxy) is 1. The fourth-order valence-corrected chi connectivity index (χ4v) is 2.94. The van der Waals surface area contributed by atoms with E-state index in [1.807, 2.05) is 19.9 Å². The Labute approximate surface area is 127 Å². The zero-order valence-electron chi connectivity index (χ0n) is 13.4. The van der Waals surface area contributed by atoms with Gasteiger partial charge in [0, 0.05) is 7.11 Å². The van der Waals surface area contributed by atoms with Gasteiger partial charge in [0.05, 0.1) is 12.1 Å². The lowest BCUT2D eigenvalue weighted by Gasteiger charge is -2.14. The van der Waals surface area contributed by atoms with E-state index in [0.29, 0.717) is 0 Å². The van der Waals surface area contributed by atoms with Gasteiger partial charge in [0.25, 0.3) is 6.34 Å². The molecule has 0 aromatic rings. The van der Waals surface area contributed by atoms with Crippen LogP contribution >= 0.6 is 0 Å². The van der Waals surface area contributed by atoms with Gasteiger partial charge >= 0.3 is 0 Å². The number of allylic oxidation sites excluding steroid dienone is 4. The first-order chi connectivity index (χ1) is 9.67. The van der Waals surface area contributed by atoms with Crippen molar-refractivity contribution in [3.8, 4) is 0 Å². The molecule has 0 heterocycles. The highest BCUT2D eigenvalue weighted by Gasteiger charge is 2.89. The molecular weight excluding hydrogens is 264 g/mol. The maximum atomic E-state index is 10.9. The molecule has 0 radical (unpaired) electrons. The van der Waals surface area contributed by atoms with Crippen LogP contribution in [0.2, 0.25) is 0 Å². The van der Waals surface area contributed by atoms with Crippen LogP contribution in [0.15, 0.2) is 54.1 Å². The molecule has 3 unspecified atom stereocenters. The van der Waals surface area contributed by atoms with Crippen molar-refractivity contribution in [1.29, 1.82) is 0 Å². The fraction of sp³-hybridized carbons (Fsp3) is 0.412. The average molecular weight is 289 g/mol. The van der Waals surface area contributed by atoms with Crippen LogP contribution in [0.4, 0.5) is 0 Å². The van der Waals surface area contributed by atoms with Gasteiger partial charge in [-0.1, -0.05) is 43.0 Å². The zero-order chi connectivity index (χ0) is 16.5. The molecule has 21 heavy (non-hydrogen) atoms. The summed E-state index contributed by atoms with van der Waals surface area (Å²) >= 11 is 0. The second kappa shape index (κ2) is 5.54. The standard InChI is InChI=1S/C17H25N2O2/c1-9-13(2)10-11-14(3)15(4)16(5,17(15,20)21-8)19(7)12-18-6/h9-12,20H,1-3,7H2,4-6,8H3/q+1/b11-10-,18-12-. The van der Waals surface area contributed by atoms with Crippen LogP contribution in [0, 0.1) is 5.41 Å². The van der Waals surface area contributed by atoms with Gasteiger partial charge < -0.3 is 9.84 Å². The Bertz CT molecular complexity index is 561. The Balaban J connectivity index is 3.23. The molecule has 4 heteroatoms. The second-order valence-corrected chi connectivity index (χ2v) is 5.53. The molecule has 4 nitrogen and oxygen atoms in total. The monoisotopic (exact) mass is 289 g/mol. The van der Waals surface area contributed by atoms with Crippen molar-refractivity contribution in [1.82, 2.24) is 0 Å². The first-order valence-corrected chi connectivity index (χ1v) is 6.65. The molecule has 114 valence electrons. The minimum absolute atomic E-state index is 0.718. The van der Waals surface area contributed by atoms with Crippen molar-refractivity contribution in [3.05, 3.63) is 49.1 Å². The summed E-state index contributed by atoms with van der Waals surface area (Å²) in [6, 6.07) is 0. The molecule has 0 amide bonds. The quantitative estimate of drug-likeness (QED) is 0.257. The molecule has 0 saturated heterocycles. The SMILES string of the molecule is C=CC(=C)/C=C\C(=C)C1(C)C(O)(OC)C1(C)[N+](=C)/C=N\C. The molecule has 0 aromatic carbocycles. The van der Waals surface area contributed by atoms with E-state index in [-0.39, 0.29) is 0 Å². The zero-order valence-corrected chi connectivity index (χ0v) is 13.4. The first kappa shape index (κ1) is 17.3. The molecular formula is C17H25N2O2+. The van der Waals surface area contributed by atoms with Gasteiger partial charge in [0.15, 0.2) is 5.54 Å². The van der Waals surface area contributed by atoms with Gasteiger partial charge in [0.1, 0.15) is 7.05 Å². The van der Waals surface area contributed by atoms with Gasteiger partial charge in [-0.2, -0.15) is 0 Å². The molecule has 0 spiro atoms. The van der Waals surface area contributed by atoms with Gasteiger partial charge in [-0.15, -0.1) is 0 Å². The van der Waals surface area contributed by atoms with Crippen LogP contribution in [-0.2, 0) is 4.74 Å². The predicted octanol–water partition coefficient (Wildman–Crippen LogP) is 2.33. The second-order valence-electron chi connectivity index (χ2n) is 5.53. The Morgan fingerprint density at radius 3 is 2.29 bits per heavy atom. The number of aliphatic hydroxyl groups is 1. The number of aliphatic imine (C=N–C) groups is 1. The van der Waals surface area contributed by atoms with Crippen molar-refractivity contribution >= 4 is 13.1 Å². The predicted molar refractivity (Wildman–Crippen MR) is 87.9 cm³/mol. The third-order valence-electron chi connectivity index (χ3n) is 4.78. The maximum absolute atomic E-state index is 10.9. The van der Waals surface area contributed by atoms with Crippen LogP contribution in [0.5, 0.6) is 0 Å². The summed E-state index contributed by atoms with van der Waals surface area (Å²) in [4.78, 5) is 3.95. The number of rotatable bonds is 7. The average Bonchev–Trinajstić information content (AvgIpc) is 2.89. The lowest BCUT2D eigenvalue weighted by atomic mass is 9.92. The smallest absolute Gasteiger partial charge is 0.279 e. The Morgan fingerprint density at radius 1 is 1.29 bits per heavy atom. The van der Waals surface area contributed by atoms with E-state index in [9.17, 15) is 5.11 Å². The van der Waals surface area contributed by atoms with Crippen molar-refractivity contribution in [2.45, 2.75) is 25.2 Å². The molecule has 1 fully saturated rings. The molecule has 1 aliphatic carbocycles. The maximum Gasteiger partial charge on any atom is 0.279 e. The molecule has 1 aliphatic rings. The lowest BCUT2D eigenvalue weighted by Crippen LogP contribution is -2.35. The largest absolute Gasteiger partial charge is 0.361 e. The van der Waals surface area contributed by atoms with Crippen molar-refractivity contribution < 1.29 is 14.4 Å². The van der Waals surface area contributed by atoms with Crippen LogP contribution in [-0.4, -0.2) is 48.2 Å². The Morgan fingerprint density at radius 2 is 1.86 bits per heavy atom. The van der Waals surface area contributed by atoms with Gasteiger partial charge in [-0.3, -0.25) is 0 Å². The third kappa shape index (κ3) is 2.06. The minimum Gasteiger partial charge on any atom is -0.361 e. The molecule has 0 aromatic heterocycles. The minimum atomic E-state index is -1.40. The van der Waals surface area contributed by atoms with Crippen molar-refractivity contribution in [3.63, 3.8) is 0 Å². The number of hydrogen-bond acceptors (Lipinski definition) is 3. The topological polar surface area (TPSA) is 44.8 Å². The van der Waals surface area contributed by atoms with Gasteiger partial charge in [0.2, 0.25) is 5.79 Å². The molecule has 0 aliphatic heterocycles. The summed E-state index contributed by atoms with van der Waals surface area (Å²) in [5.41, 5.74) is -0.0129. The summed E-state index contributed by atoms with van der Waals surface area (Å²) in [6.45, 7) is 19.2. The van der Waals surface area contributed by atoms with Crippen LogP contribution in [0.3, 0.4) is 0 Å². The van der Waals surface area contributed by atoms with Crippen LogP contribution in [0.25, 0.3) is 0 Å². The highest BCUT2D eigenvalue weighted by Crippen LogP contribution is 2.70. The summed E-state index contributed by atoms with van der Waals surface area (Å²) in [6.07, 6.45) is 6.83. The van der Waals surface area contributed by atoms with Crippen LogP contribution < -0.4 is 0 Å². The highest BCUT2D eigenvalue weighted by atomic mass is 16.6. The van der Waals surface area contributed by atoms with E-state index in [0.717, 1.165) is 11.1 Å². The van der Waals surface area contributed by atoms with E-state index in [1.165, 1.54) is 7.11 Å². The van der Waals surface area contributed by atoms with E-state index in [2.05, 4.69) is 31.4 Å². The number of methoxy groups -OCH3 is 1. The molecule has 1 N–H and O–H groups in total. The van der Waals surface area contributed by atoms with E-state index in [4.69, 9.17) is 4.74 Å².